The topological polar surface area (TPSA) is 84.9 Å². The lowest BCUT2D eigenvalue weighted by atomic mass is 10.1. The van der Waals surface area contributed by atoms with Gasteiger partial charge in [0.2, 0.25) is 10.0 Å². The fraction of sp³-hybridized carbons (Fsp3) is 0.320. The van der Waals surface area contributed by atoms with E-state index in [1.165, 1.54) is 4.31 Å². The number of benzene rings is 3. The van der Waals surface area contributed by atoms with Gasteiger partial charge in [-0.2, -0.15) is 4.31 Å². The molecule has 1 amide bonds. The van der Waals surface area contributed by atoms with E-state index in [-0.39, 0.29) is 17.4 Å². The van der Waals surface area contributed by atoms with Crippen LogP contribution in [0.3, 0.4) is 0 Å². The van der Waals surface area contributed by atoms with Gasteiger partial charge in [-0.15, -0.1) is 0 Å². The van der Waals surface area contributed by atoms with Crippen LogP contribution in [0.4, 0.5) is 0 Å². The Balaban J connectivity index is 1.24. The summed E-state index contributed by atoms with van der Waals surface area (Å²) in [5, 5.41) is 4.81. The molecule has 174 valence electrons. The van der Waals surface area contributed by atoms with E-state index in [4.69, 9.17) is 9.47 Å². The normalized spacial score (nSPS) is 15.3. The summed E-state index contributed by atoms with van der Waals surface area (Å²) in [6, 6.07) is 20.0. The summed E-state index contributed by atoms with van der Waals surface area (Å²) in [4.78, 5) is 12.7. The molecule has 7 nitrogen and oxygen atoms in total. The van der Waals surface area contributed by atoms with Gasteiger partial charge in [0.05, 0.1) is 11.4 Å². The maximum absolute atomic E-state index is 12.6. The monoisotopic (exact) mass is 468 g/mol. The maximum Gasteiger partial charge on any atom is 0.260 e. The number of rotatable bonds is 9. The molecule has 0 spiro atoms. The molecule has 33 heavy (non-hydrogen) atoms. The first-order chi connectivity index (χ1) is 15.9. The predicted molar refractivity (Wildman–Crippen MR) is 127 cm³/mol. The summed E-state index contributed by atoms with van der Waals surface area (Å²) < 4.78 is 38.2. The highest BCUT2D eigenvalue weighted by Gasteiger charge is 2.27. The quantitative estimate of drug-likeness (QED) is 0.485. The highest BCUT2D eigenvalue weighted by Crippen LogP contribution is 2.26. The lowest BCUT2D eigenvalue weighted by molar-refractivity contribution is -0.127. The Hall–Kier alpha value is -3.10. The lowest BCUT2D eigenvalue weighted by Gasteiger charge is -2.17. The summed E-state index contributed by atoms with van der Waals surface area (Å²) in [6.07, 6.45) is 1.14. The van der Waals surface area contributed by atoms with Crippen LogP contribution in [0.15, 0.2) is 71.6 Å². The first kappa shape index (κ1) is 23.1. The molecule has 1 aliphatic rings. The fourth-order valence-electron chi connectivity index (χ4n) is 3.81. The Morgan fingerprint density at radius 1 is 1.00 bits per heavy atom. The Kier molecular flexibility index (Phi) is 7.15. The van der Waals surface area contributed by atoms with Crippen LogP contribution in [0.2, 0.25) is 0 Å². The second-order valence-corrected chi connectivity index (χ2v) is 9.90. The minimum atomic E-state index is -3.43. The molecule has 0 aliphatic carbocycles. The van der Waals surface area contributed by atoms with Crippen molar-refractivity contribution in [1.29, 1.82) is 0 Å². The molecule has 0 radical (unpaired) electrons. The molecule has 3 aromatic carbocycles. The van der Waals surface area contributed by atoms with E-state index in [0.717, 1.165) is 23.6 Å². The van der Waals surface area contributed by atoms with E-state index in [2.05, 4.69) is 5.32 Å². The number of ether oxygens (including phenoxy) is 2. The molecule has 0 saturated carbocycles. The number of amides is 1. The summed E-state index contributed by atoms with van der Waals surface area (Å²) in [6.45, 7) is 3.41. The van der Waals surface area contributed by atoms with Crippen LogP contribution in [0.5, 0.6) is 11.5 Å². The van der Waals surface area contributed by atoms with Gasteiger partial charge in [-0.05, 0) is 55.5 Å². The van der Waals surface area contributed by atoms with Gasteiger partial charge in [-0.1, -0.05) is 36.4 Å². The Bertz CT molecular complexity index is 1200. The van der Waals surface area contributed by atoms with Gasteiger partial charge in [0.15, 0.2) is 6.10 Å². The molecule has 1 atom stereocenters. The van der Waals surface area contributed by atoms with E-state index >= 15 is 0 Å². The van der Waals surface area contributed by atoms with Crippen molar-refractivity contribution >= 4 is 26.7 Å². The molecule has 1 aliphatic heterocycles. The molecule has 8 heteroatoms. The number of nitrogens with one attached hydrogen (secondary N) is 1. The van der Waals surface area contributed by atoms with Gasteiger partial charge in [0.1, 0.15) is 18.1 Å². The number of carbonyl (C=O) groups excluding carboxylic acids is 1. The Labute approximate surface area is 194 Å². The molecule has 1 N–H and O–H groups in total. The first-order valence-electron chi connectivity index (χ1n) is 11.1. The van der Waals surface area contributed by atoms with Crippen molar-refractivity contribution in [3.05, 3.63) is 66.7 Å². The number of hydrogen-bond donors (Lipinski definition) is 1. The minimum Gasteiger partial charge on any atom is -0.492 e. The Morgan fingerprint density at radius 3 is 2.45 bits per heavy atom. The summed E-state index contributed by atoms with van der Waals surface area (Å²) in [7, 11) is -3.43. The smallest absolute Gasteiger partial charge is 0.260 e. The Morgan fingerprint density at radius 2 is 1.70 bits per heavy atom. The van der Waals surface area contributed by atoms with Crippen LogP contribution in [-0.4, -0.2) is 51.0 Å². The summed E-state index contributed by atoms with van der Waals surface area (Å²) in [5.74, 6) is 0.972. The van der Waals surface area contributed by atoms with Crippen molar-refractivity contribution in [2.24, 2.45) is 0 Å². The van der Waals surface area contributed by atoms with Crippen molar-refractivity contribution in [2.75, 3.05) is 26.2 Å². The van der Waals surface area contributed by atoms with Crippen LogP contribution in [0.25, 0.3) is 10.8 Å². The minimum absolute atomic E-state index is 0.237. The van der Waals surface area contributed by atoms with Crippen LogP contribution < -0.4 is 14.8 Å². The van der Waals surface area contributed by atoms with Gasteiger partial charge >= 0.3 is 0 Å². The van der Waals surface area contributed by atoms with Gasteiger partial charge in [-0.3, -0.25) is 4.79 Å². The zero-order valence-electron chi connectivity index (χ0n) is 18.6. The highest BCUT2D eigenvalue weighted by atomic mass is 32.2. The molecule has 0 aromatic heterocycles. The summed E-state index contributed by atoms with van der Waals surface area (Å²) >= 11 is 0. The predicted octanol–water partition coefficient (Wildman–Crippen LogP) is 3.59. The second-order valence-electron chi connectivity index (χ2n) is 7.96. The first-order valence-corrected chi connectivity index (χ1v) is 12.5. The maximum atomic E-state index is 12.6. The standard InChI is InChI=1S/C25H28N2O5S/c1-19(32-24-10-6-8-20-7-2-3-9-23(20)24)25(28)26-15-18-31-21-11-13-22(14-12-21)33(29,30)27-16-4-5-17-27/h2-3,6-14,19H,4-5,15-18H2,1H3,(H,26,28)/t19-/m0/s1. The highest BCUT2D eigenvalue weighted by molar-refractivity contribution is 7.89. The molecule has 1 fully saturated rings. The van der Waals surface area contributed by atoms with Gasteiger partial charge in [0, 0.05) is 18.5 Å². The average Bonchev–Trinajstić information content (AvgIpc) is 3.38. The number of fused-ring (bicyclic) bond motifs is 1. The zero-order chi connectivity index (χ0) is 23.3. The molecular weight excluding hydrogens is 440 g/mol. The van der Waals surface area contributed by atoms with Gasteiger partial charge in [0.25, 0.3) is 5.91 Å². The van der Waals surface area contributed by atoms with Crippen molar-refractivity contribution in [1.82, 2.24) is 9.62 Å². The third kappa shape index (κ3) is 5.46. The molecule has 4 rings (SSSR count). The average molecular weight is 469 g/mol. The molecule has 0 unspecified atom stereocenters. The van der Waals surface area contributed by atoms with E-state index in [1.807, 2.05) is 42.5 Å². The molecule has 1 saturated heterocycles. The fourth-order valence-corrected chi connectivity index (χ4v) is 5.33. The van der Waals surface area contributed by atoms with Crippen molar-refractivity contribution in [2.45, 2.75) is 30.8 Å². The number of sulfonamides is 1. The van der Waals surface area contributed by atoms with Crippen LogP contribution in [-0.2, 0) is 14.8 Å². The SMILES string of the molecule is C[C@H](Oc1cccc2ccccc12)C(=O)NCCOc1ccc(S(=O)(=O)N2CCCC2)cc1. The third-order valence-electron chi connectivity index (χ3n) is 5.62. The van der Waals surface area contributed by atoms with Crippen LogP contribution in [0, 0.1) is 0 Å². The molecule has 0 bridgehead atoms. The van der Waals surface area contributed by atoms with Crippen molar-refractivity contribution in [3.63, 3.8) is 0 Å². The van der Waals surface area contributed by atoms with E-state index in [9.17, 15) is 13.2 Å². The largest absolute Gasteiger partial charge is 0.492 e. The summed E-state index contributed by atoms with van der Waals surface area (Å²) in [5.41, 5.74) is 0. The zero-order valence-corrected chi connectivity index (χ0v) is 19.4. The van der Waals surface area contributed by atoms with Gasteiger partial charge in [-0.25, -0.2) is 8.42 Å². The van der Waals surface area contributed by atoms with E-state index in [0.29, 0.717) is 31.1 Å². The molecular formula is C25H28N2O5S. The number of hydrogen-bond acceptors (Lipinski definition) is 5. The van der Waals surface area contributed by atoms with E-state index in [1.54, 1.807) is 31.2 Å². The van der Waals surface area contributed by atoms with Crippen molar-refractivity contribution < 1.29 is 22.7 Å². The van der Waals surface area contributed by atoms with Crippen molar-refractivity contribution in [3.8, 4) is 11.5 Å². The van der Waals surface area contributed by atoms with E-state index < -0.39 is 16.1 Å². The lowest BCUT2D eigenvalue weighted by Crippen LogP contribution is -2.38. The van der Waals surface area contributed by atoms with Gasteiger partial charge < -0.3 is 14.8 Å². The number of nitrogens with zero attached hydrogens (tertiary/aromatic N) is 1. The molecule has 1 heterocycles. The number of carbonyl (C=O) groups is 1. The van der Waals surface area contributed by atoms with Crippen LogP contribution >= 0.6 is 0 Å². The third-order valence-corrected chi connectivity index (χ3v) is 7.53. The second kappa shape index (κ2) is 10.2. The van der Waals surface area contributed by atoms with Crippen LogP contribution in [0.1, 0.15) is 19.8 Å². The molecule has 3 aromatic rings.